The second-order valence-corrected chi connectivity index (χ2v) is 4.79. The third kappa shape index (κ3) is 4.33. The molecule has 0 atom stereocenters. The van der Waals surface area contributed by atoms with Crippen molar-refractivity contribution in [3.8, 4) is 11.5 Å². The molecule has 0 saturated carbocycles. The SMILES string of the molecule is CCCCCOc1c(Br)cc(C=O)cc1OCC. The molecule has 0 radical (unpaired) electrons. The number of ether oxygens (including phenoxy) is 2. The maximum atomic E-state index is 10.8. The first kappa shape index (κ1) is 15.0. The predicted octanol–water partition coefficient (Wildman–Crippen LogP) is 4.23. The minimum Gasteiger partial charge on any atom is -0.490 e. The smallest absolute Gasteiger partial charge is 0.175 e. The molecule has 1 aromatic rings. The van der Waals surface area contributed by atoms with E-state index in [0.717, 1.165) is 30.0 Å². The Labute approximate surface area is 117 Å². The van der Waals surface area contributed by atoms with Crippen molar-refractivity contribution in [2.75, 3.05) is 13.2 Å². The van der Waals surface area contributed by atoms with E-state index < -0.39 is 0 Å². The van der Waals surface area contributed by atoms with Gasteiger partial charge in [-0.15, -0.1) is 0 Å². The van der Waals surface area contributed by atoms with Crippen LogP contribution in [0.3, 0.4) is 0 Å². The third-order valence-electron chi connectivity index (χ3n) is 2.46. The number of hydrogen-bond donors (Lipinski definition) is 0. The Kier molecular flexibility index (Phi) is 6.80. The number of carbonyl (C=O) groups excluding carboxylic acids is 1. The van der Waals surface area contributed by atoms with Crippen LogP contribution in [0, 0.1) is 0 Å². The zero-order valence-electron chi connectivity index (χ0n) is 10.9. The molecule has 0 aromatic heterocycles. The molecule has 0 fully saturated rings. The van der Waals surface area contributed by atoms with Gasteiger partial charge in [0.25, 0.3) is 0 Å². The maximum Gasteiger partial charge on any atom is 0.175 e. The maximum absolute atomic E-state index is 10.8. The molecule has 0 bridgehead atoms. The molecule has 4 heteroatoms. The molecule has 0 aliphatic rings. The van der Waals surface area contributed by atoms with Crippen molar-refractivity contribution in [3.05, 3.63) is 22.2 Å². The molecule has 0 unspecified atom stereocenters. The first-order valence-electron chi connectivity index (χ1n) is 6.27. The van der Waals surface area contributed by atoms with Gasteiger partial charge >= 0.3 is 0 Å². The largest absolute Gasteiger partial charge is 0.490 e. The Hall–Kier alpha value is -1.03. The molecule has 18 heavy (non-hydrogen) atoms. The molecule has 100 valence electrons. The van der Waals surface area contributed by atoms with Crippen LogP contribution < -0.4 is 9.47 Å². The van der Waals surface area contributed by atoms with E-state index in [0.29, 0.717) is 30.3 Å². The highest BCUT2D eigenvalue weighted by molar-refractivity contribution is 9.10. The Morgan fingerprint density at radius 2 is 2.00 bits per heavy atom. The summed E-state index contributed by atoms with van der Waals surface area (Å²) in [6.45, 7) is 5.26. The lowest BCUT2D eigenvalue weighted by atomic mass is 10.2. The van der Waals surface area contributed by atoms with Crippen molar-refractivity contribution in [1.82, 2.24) is 0 Å². The van der Waals surface area contributed by atoms with Gasteiger partial charge in [-0.1, -0.05) is 19.8 Å². The number of benzene rings is 1. The van der Waals surface area contributed by atoms with Gasteiger partial charge in [0, 0.05) is 5.56 Å². The standard InChI is InChI=1S/C14H19BrO3/c1-3-5-6-7-18-14-12(15)8-11(10-16)9-13(14)17-4-2/h8-10H,3-7H2,1-2H3. The van der Waals surface area contributed by atoms with E-state index in [1.165, 1.54) is 0 Å². The number of carbonyl (C=O) groups is 1. The number of rotatable bonds is 8. The van der Waals surface area contributed by atoms with Gasteiger partial charge in [0.05, 0.1) is 17.7 Å². The molecule has 0 heterocycles. The van der Waals surface area contributed by atoms with Crippen LogP contribution in [0.4, 0.5) is 0 Å². The lowest BCUT2D eigenvalue weighted by Gasteiger charge is -2.14. The van der Waals surface area contributed by atoms with Crippen molar-refractivity contribution >= 4 is 22.2 Å². The Morgan fingerprint density at radius 1 is 1.22 bits per heavy atom. The van der Waals surface area contributed by atoms with Crippen LogP contribution in [0.2, 0.25) is 0 Å². The van der Waals surface area contributed by atoms with Crippen LogP contribution in [-0.2, 0) is 0 Å². The van der Waals surface area contributed by atoms with E-state index in [-0.39, 0.29) is 0 Å². The summed E-state index contributed by atoms with van der Waals surface area (Å²) in [5.74, 6) is 1.30. The number of hydrogen-bond acceptors (Lipinski definition) is 3. The van der Waals surface area contributed by atoms with Crippen molar-refractivity contribution in [2.24, 2.45) is 0 Å². The summed E-state index contributed by atoms with van der Waals surface area (Å²) in [6, 6.07) is 3.45. The minimum atomic E-state index is 0.542. The zero-order chi connectivity index (χ0) is 13.4. The quantitative estimate of drug-likeness (QED) is 0.532. The zero-order valence-corrected chi connectivity index (χ0v) is 12.5. The minimum absolute atomic E-state index is 0.542. The van der Waals surface area contributed by atoms with Crippen LogP contribution in [0.25, 0.3) is 0 Å². The first-order chi connectivity index (χ1) is 8.72. The van der Waals surface area contributed by atoms with Crippen molar-refractivity contribution in [2.45, 2.75) is 33.1 Å². The average molecular weight is 315 g/mol. The molecule has 0 saturated heterocycles. The van der Waals surface area contributed by atoms with Crippen LogP contribution >= 0.6 is 15.9 Å². The Morgan fingerprint density at radius 3 is 2.61 bits per heavy atom. The highest BCUT2D eigenvalue weighted by Crippen LogP contribution is 2.36. The van der Waals surface area contributed by atoms with Gasteiger partial charge < -0.3 is 9.47 Å². The highest BCUT2D eigenvalue weighted by Gasteiger charge is 2.11. The highest BCUT2D eigenvalue weighted by atomic mass is 79.9. The molecular formula is C14H19BrO3. The van der Waals surface area contributed by atoms with Crippen LogP contribution in [0.5, 0.6) is 11.5 Å². The van der Waals surface area contributed by atoms with Gasteiger partial charge in [0.1, 0.15) is 6.29 Å². The molecule has 1 rings (SSSR count). The fourth-order valence-electron chi connectivity index (χ4n) is 1.59. The average Bonchev–Trinajstić information content (AvgIpc) is 2.37. The molecule has 0 aliphatic heterocycles. The van der Waals surface area contributed by atoms with Crippen molar-refractivity contribution < 1.29 is 14.3 Å². The summed E-state index contributed by atoms with van der Waals surface area (Å²) in [6.07, 6.45) is 4.12. The van der Waals surface area contributed by atoms with Gasteiger partial charge in [0.2, 0.25) is 0 Å². The normalized spacial score (nSPS) is 10.2. The summed E-state index contributed by atoms with van der Waals surface area (Å²) in [4.78, 5) is 10.8. The number of aldehydes is 1. The summed E-state index contributed by atoms with van der Waals surface area (Å²) in [5.41, 5.74) is 0.575. The summed E-state index contributed by atoms with van der Waals surface area (Å²) < 4.78 is 12.0. The third-order valence-corrected chi connectivity index (χ3v) is 3.05. The summed E-state index contributed by atoms with van der Waals surface area (Å²) in [7, 11) is 0. The van der Waals surface area contributed by atoms with Gasteiger partial charge in [-0.25, -0.2) is 0 Å². The van der Waals surface area contributed by atoms with Crippen LogP contribution in [-0.4, -0.2) is 19.5 Å². The first-order valence-corrected chi connectivity index (χ1v) is 7.06. The second-order valence-electron chi connectivity index (χ2n) is 3.94. The topological polar surface area (TPSA) is 35.5 Å². The van der Waals surface area contributed by atoms with E-state index >= 15 is 0 Å². The van der Waals surface area contributed by atoms with Gasteiger partial charge in [-0.05, 0) is 41.4 Å². The molecule has 1 aromatic carbocycles. The molecular weight excluding hydrogens is 296 g/mol. The van der Waals surface area contributed by atoms with E-state index in [1.54, 1.807) is 12.1 Å². The lowest BCUT2D eigenvalue weighted by molar-refractivity contribution is 0.112. The molecule has 0 spiro atoms. The molecule has 0 aliphatic carbocycles. The fraction of sp³-hybridized carbons (Fsp3) is 0.500. The second kappa shape index (κ2) is 8.14. The lowest BCUT2D eigenvalue weighted by Crippen LogP contribution is -2.02. The monoisotopic (exact) mass is 314 g/mol. The Bertz CT molecular complexity index is 391. The van der Waals surface area contributed by atoms with Gasteiger partial charge in [-0.2, -0.15) is 0 Å². The van der Waals surface area contributed by atoms with Crippen molar-refractivity contribution in [3.63, 3.8) is 0 Å². The van der Waals surface area contributed by atoms with E-state index in [1.807, 2.05) is 6.92 Å². The molecule has 0 amide bonds. The van der Waals surface area contributed by atoms with E-state index in [2.05, 4.69) is 22.9 Å². The number of unbranched alkanes of at least 4 members (excludes halogenated alkanes) is 2. The van der Waals surface area contributed by atoms with Gasteiger partial charge in [-0.3, -0.25) is 4.79 Å². The summed E-state index contributed by atoms with van der Waals surface area (Å²) in [5, 5.41) is 0. The van der Waals surface area contributed by atoms with Gasteiger partial charge in [0.15, 0.2) is 11.5 Å². The van der Waals surface area contributed by atoms with E-state index in [4.69, 9.17) is 9.47 Å². The molecule has 3 nitrogen and oxygen atoms in total. The molecule has 0 N–H and O–H groups in total. The summed E-state index contributed by atoms with van der Waals surface area (Å²) >= 11 is 3.41. The predicted molar refractivity (Wildman–Crippen MR) is 75.7 cm³/mol. The number of halogens is 1. The van der Waals surface area contributed by atoms with E-state index in [9.17, 15) is 4.79 Å². The fourth-order valence-corrected chi connectivity index (χ4v) is 2.16. The van der Waals surface area contributed by atoms with Crippen molar-refractivity contribution in [1.29, 1.82) is 0 Å². The Balaban J connectivity index is 2.82. The van der Waals surface area contributed by atoms with Crippen LogP contribution in [0.1, 0.15) is 43.5 Å². The van der Waals surface area contributed by atoms with Crippen LogP contribution in [0.15, 0.2) is 16.6 Å².